The Morgan fingerprint density at radius 1 is 0.724 bits per heavy atom. The van der Waals surface area contributed by atoms with E-state index in [9.17, 15) is 0 Å². The first-order valence-electron chi connectivity index (χ1n) is 13.2. The maximum Gasteiger partial charge on any atom is 0.0434 e. The number of pyridine rings is 1. The fraction of sp³-hybridized carbons (Fsp3) is 0.821. The summed E-state index contributed by atoms with van der Waals surface area (Å²) in [6, 6.07) is 4.71. The molecule has 0 amide bonds. The third kappa shape index (κ3) is 7.41. The van der Waals surface area contributed by atoms with Crippen LogP contribution in [0, 0.1) is 17.8 Å². The van der Waals surface area contributed by atoms with Gasteiger partial charge in [-0.15, -0.1) is 0 Å². The van der Waals surface area contributed by atoms with Gasteiger partial charge < -0.3 is 0 Å². The van der Waals surface area contributed by atoms with Crippen molar-refractivity contribution in [2.24, 2.45) is 17.8 Å². The fourth-order valence-electron chi connectivity index (χ4n) is 6.10. The van der Waals surface area contributed by atoms with Gasteiger partial charge in [-0.1, -0.05) is 77.7 Å². The molecule has 0 atom stereocenters. The van der Waals surface area contributed by atoms with Gasteiger partial charge in [-0.05, 0) is 80.8 Å². The van der Waals surface area contributed by atoms with E-state index in [1.165, 1.54) is 120 Å². The van der Waals surface area contributed by atoms with Crippen molar-refractivity contribution in [2.75, 3.05) is 0 Å². The molecule has 2 fully saturated rings. The quantitative estimate of drug-likeness (QED) is 0.340. The van der Waals surface area contributed by atoms with Gasteiger partial charge >= 0.3 is 0 Å². The molecule has 0 saturated heterocycles. The molecule has 1 heterocycles. The van der Waals surface area contributed by atoms with Crippen LogP contribution in [0.15, 0.2) is 18.3 Å². The average Bonchev–Trinajstić information content (AvgIpc) is 2.78. The lowest BCUT2D eigenvalue weighted by Gasteiger charge is -2.38. The van der Waals surface area contributed by atoms with Crippen molar-refractivity contribution in [1.82, 2.24) is 4.98 Å². The molecule has 0 radical (unpaired) electrons. The van der Waals surface area contributed by atoms with E-state index >= 15 is 0 Å². The molecule has 2 aliphatic rings. The highest BCUT2D eigenvalue weighted by atomic mass is 14.7. The molecule has 0 aliphatic heterocycles. The summed E-state index contributed by atoms with van der Waals surface area (Å²) in [7, 11) is 0. The number of aryl methyl sites for hydroxylation is 1. The molecule has 0 bridgehead atoms. The second-order valence-corrected chi connectivity index (χ2v) is 10.3. The summed E-state index contributed by atoms with van der Waals surface area (Å²) in [6.45, 7) is 4.61. The van der Waals surface area contributed by atoms with Crippen molar-refractivity contribution in [3.63, 3.8) is 0 Å². The molecule has 0 N–H and O–H groups in total. The first-order valence-corrected chi connectivity index (χ1v) is 13.2. The highest BCUT2D eigenvalue weighted by molar-refractivity contribution is 5.17. The molecule has 0 unspecified atom stereocenters. The summed E-state index contributed by atoms with van der Waals surface area (Å²) in [5, 5.41) is 0. The van der Waals surface area contributed by atoms with E-state index in [1.807, 2.05) is 0 Å². The minimum Gasteiger partial charge on any atom is -0.261 e. The molecule has 1 aromatic rings. The summed E-state index contributed by atoms with van der Waals surface area (Å²) in [5.74, 6) is 3.84. The Hall–Kier alpha value is -0.850. The number of rotatable bonds is 11. The van der Waals surface area contributed by atoms with Gasteiger partial charge in [0.2, 0.25) is 0 Å². The summed E-state index contributed by atoms with van der Waals surface area (Å²) in [5.41, 5.74) is 2.81. The zero-order valence-electron chi connectivity index (χ0n) is 19.5. The molecular formula is C28H47N. The lowest BCUT2D eigenvalue weighted by atomic mass is 9.68. The largest absolute Gasteiger partial charge is 0.261 e. The normalized spacial score (nSPS) is 27.8. The first-order chi connectivity index (χ1) is 14.3. The zero-order chi connectivity index (χ0) is 20.3. The molecule has 0 aromatic carbocycles. The van der Waals surface area contributed by atoms with Crippen LogP contribution in [-0.2, 0) is 6.42 Å². The number of hydrogen-bond donors (Lipinski definition) is 0. The lowest BCUT2D eigenvalue weighted by molar-refractivity contribution is 0.155. The van der Waals surface area contributed by atoms with Crippen LogP contribution in [0.2, 0.25) is 0 Å². The van der Waals surface area contributed by atoms with Gasteiger partial charge in [0.25, 0.3) is 0 Å². The van der Waals surface area contributed by atoms with E-state index in [2.05, 4.69) is 32.2 Å². The maximum absolute atomic E-state index is 4.88. The van der Waals surface area contributed by atoms with Crippen molar-refractivity contribution in [1.29, 1.82) is 0 Å². The first kappa shape index (κ1) is 22.8. The van der Waals surface area contributed by atoms with E-state index in [1.54, 1.807) is 0 Å². The molecule has 1 heteroatoms. The molecular weight excluding hydrogens is 350 g/mol. The van der Waals surface area contributed by atoms with Crippen LogP contribution in [0.3, 0.4) is 0 Å². The molecule has 2 aliphatic carbocycles. The Morgan fingerprint density at radius 2 is 1.38 bits per heavy atom. The van der Waals surface area contributed by atoms with E-state index < -0.39 is 0 Å². The van der Waals surface area contributed by atoms with Gasteiger partial charge in [0, 0.05) is 17.8 Å². The lowest BCUT2D eigenvalue weighted by Crippen LogP contribution is -2.25. The van der Waals surface area contributed by atoms with Crippen LogP contribution >= 0.6 is 0 Å². The van der Waals surface area contributed by atoms with Crippen molar-refractivity contribution < 1.29 is 0 Å². The minimum atomic E-state index is 0.728. The molecule has 2 saturated carbocycles. The number of nitrogens with zero attached hydrogens (tertiary/aromatic N) is 1. The Labute approximate surface area is 181 Å². The molecule has 0 spiro atoms. The third-order valence-corrected chi connectivity index (χ3v) is 8.13. The third-order valence-electron chi connectivity index (χ3n) is 8.13. The summed E-state index contributed by atoms with van der Waals surface area (Å²) < 4.78 is 0. The molecule has 3 rings (SSSR count). The van der Waals surface area contributed by atoms with E-state index in [0.29, 0.717) is 0 Å². The number of hydrogen-bond acceptors (Lipinski definition) is 1. The van der Waals surface area contributed by atoms with Crippen LogP contribution in [-0.4, -0.2) is 4.98 Å². The molecule has 1 nitrogen and oxygen atoms in total. The zero-order valence-corrected chi connectivity index (χ0v) is 19.5. The highest BCUT2D eigenvalue weighted by Gasteiger charge is 2.31. The van der Waals surface area contributed by atoms with E-state index in [0.717, 1.165) is 23.7 Å². The second kappa shape index (κ2) is 12.8. The summed E-state index contributed by atoms with van der Waals surface area (Å²) in [4.78, 5) is 4.88. The maximum atomic E-state index is 4.88. The Morgan fingerprint density at radius 3 is 2.00 bits per heavy atom. The predicted octanol–water partition coefficient (Wildman–Crippen LogP) is 8.86. The molecule has 164 valence electrons. The van der Waals surface area contributed by atoms with Gasteiger partial charge in [0.1, 0.15) is 0 Å². The average molecular weight is 398 g/mol. The molecule has 29 heavy (non-hydrogen) atoms. The molecule has 1 aromatic heterocycles. The van der Waals surface area contributed by atoms with Crippen molar-refractivity contribution in [3.8, 4) is 0 Å². The smallest absolute Gasteiger partial charge is 0.0434 e. The van der Waals surface area contributed by atoms with Gasteiger partial charge in [0.15, 0.2) is 0 Å². The SMILES string of the molecule is CCCCCCc1ccc(C2CCC(C3CCC(CCCCC)CC3)CC2)nc1. The van der Waals surface area contributed by atoms with Crippen LogP contribution in [0.1, 0.15) is 134 Å². The van der Waals surface area contributed by atoms with Crippen LogP contribution < -0.4 is 0 Å². The van der Waals surface area contributed by atoms with Gasteiger partial charge in [0.05, 0.1) is 0 Å². The highest BCUT2D eigenvalue weighted by Crippen LogP contribution is 2.44. The Bertz CT molecular complexity index is 532. The van der Waals surface area contributed by atoms with Gasteiger partial charge in [-0.25, -0.2) is 0 Å². The van der Waals surface area contributed by atoms with Crippen LogP contribution in [0.4, 0.5) is 0 Å². The van der Waals surface area contributed by atoms with Gasteiger partial charge in [-0.2, -0.15) is 0 Å². The van der Waals surface area contributed by atoms with E-state index in [-0.39, 0.29) is 0 Å². The topological polar surface area (TPSA) is 12.9 Å². The standard InChI is InChI=1S/C28H47N/c1-3-5-7-9-11-24-14-21-28(29-22-24)27-19-17-26(18-20-27)25-15-12-23(13-16-25)10-8-6-4-2/h14,21-23,25-27H,3-13,15-20H2,1-2H3. The fourth-order valence-corrected chi connectivity index (χ4v) is 6.10. The van der Waals surface area contributed by atoms with Crippen LogP contribution in [0.5, 0.6) is 0 Å². The van der Waals surface area contributed by atoms with E-state index in [4.69, 9.17) is 4.98 Å². The van der Waals surface area contributed by atoms with Crippen molar-refractivity contribution in [2.45, 2.75) is 129 Å². The number of unbranched alkanes of at least 4 members (excludes halogenated alkanes) is 5. The minimum absolute atomic E-state index is 0.728. The van der Waals surface area contributed by atoms with Crippen molar-refractivity contribution in [3.05, 3.63) is 29.6 Å². The number of aromatic nitrogens is 1. The Balaban J connectivity index is 1.36. The van der Waals surface area contributed by atoms with Crippen molar-refractivity contribution >= 4 is 0 Å². The summed E-state index contributed by atoms with van der Waals surface area (Å²) >= 11 is 0. The predicted molar refractivity (Wildman–Crippen MR) is 126 cm³/mol. The summed E-state index contributed by atoms with van der Waals surface area (Å²) in [6.07, 6.45) is 26.3. The monoisotopic (exact) mass is 397 g/mol. The second-order valence-electron chi connectivity index (χ2n) is 10.3. The van der Waals surface area contributed by atoms with Gasteiger partial charge in [-0.3, -0.25) is 4.98 Å². The van der Waals surface area contributed by atoms with Crippen LogP contribution in [0.25, 0.3) is 0 Å². The Kier molecular flexibility index (Phi) is 10.0.